The molecule has 0 unspecified atom stereocenters. The summed E-state index contributed by atoms with van der Waals surface area (Å²) in [5.41, 5.74) is 0.179. The van der Waals surface area contributed by atoms with Crippen LogP contribution in [0.4, 0.5) is 13.2 Å². The number of hydrogen-bond donors (Lipinski definition) is 0. The fourth-order valence-electron chi connectivity index (χ4n) is 3.44. The first-order valence-corrected chi connectivity index (χ1v) is 11.9. The van der Waals surface area contributed by atoms with E-state index in [-0.39, 0.29) is 30.1 Å². The van der Waals surface area contributed by atoms with Gasteiger partial charge in [0, 0.05) is 30.9 Å². The predicted octanol–water partition coefficient (Wildman–Crippen LogP) is 4.45. The van der Waals surface area contributed by atoms with Crippen molar-refractivity contribution in [2.45, 2.75) is 31.5 Å². The van der Waals surface area contributed by atoms with Crippen LogP contribution >= 0.6 is 0 Å². The lowest BCUT2D eigenvalue weighted by Gasteiger charge is -2.19. The Morgan fingerprint density at radius 2 is 1.41 bits per heavy atom. The third-order valence-electron chi connectivity index (χ3n) is 5.37. The molecule has 0 aliphatic carbocycles. The summed E-state index contributed by atoms with van der Waals surface area (Å²) in [6, 6.07) is 13.2. The van der Waals surface area contributed by atoms with Gasteiger partial charge in [0.05, 0.1) is 17.0 Å². The number of halogens is 3. The van der Waals surface area contributed by atoms with E-state index in [9.17, 15) is 31.2 Å². The Hall–Kier alpha value is -3.24. The second-order valence-corrected chi connectivity index (χ2v) is 9.43. The minimum atomic E-state index is -4.42. The van der Waals surface area contributed by atoms with Crippen LogP contribution in [0.15, 0.2) is 76.6 Å². The van der Waals surface area contributed by atoms with Gasteiger partial charge >= 0.3 is 6.18 Å². The van der Waals surface area contributed by atoms with Crippen LogP contribution in [0.1, 0.15) is 29.8 Å². The summed E-state index contributed by atoms with van der Waals surface area (Å²) in [7, 11) is -3.80. The zero-order valence-corrected chi connectivity index (χ0v) is 19.4. The van der Waals surface area contributed by atoms with Crippen LogP contribution in [0, 0.1) is 0 Å². The van der Waals surface area contributed by atoms with Crippen LogP contribution in [0.5, 0.6) is 0 Å². The normalized spacial score (nSPS) is 12.2. The molecule has 0 radical (unpaired) electrons. The molecule has 34 heavy (non-hydrogen) atoms. The minimum Gasteiger partial charge on any atom is -0.306 e. The molecule has 3 rings (SSSR count). The number of alkyl halides is 3. The number of hydrogen-bond acceptors (Lipinski definition) is 4. The number of nitrogens with zero attached hydrogens (tertiary/aromatic N) is 2. The number of rotatable bonds is 8. The van der Waals surface area contributed by atoms with E-state index in [4.69, 9.17) is 0 Å². The Kier molecular flexibility index (Phi) is 7.42. The molecular weight excluding hydrogens is 469 g/mol. The summed E-state index contributed by atoms with van der Waals surface area (Å²) in [5, 5.41) is 0. The standard InChI is InChI=1S/C24H23F3N2O4S/c1-3-29(4-2)34(32,33)21-13-14-23(31)28(15-21)16-22(30)19-7-5-17(6-8-19)18-9-11-20(12-10-18)24(25,26)27/h5-15H,3-4,16H2,1-2H3. The summed E-state index contributed by atoms with van der Waals surface area (Å²) in [6.07, 6.45) is -3.26. The lowest BCUT2D eigenvalue weighted by Crippen LogP contribution is -2.32. The lowest BCUT2D eigenvalue weighted by atomic mass is 10.0. The van der Waals surface area contributed by atoms with Crippen LogP contribution in [0.25, 0.3) is 11.1 Å². The monoisotopic (exact) mass is 492 g/mol. The second-order valence-electron chi connectivity index (χ2n) is 7.50. The van der Waals surface area contributed by atoms with Gasteiger partial charge in [0.15, 0.2) is 5.78 Å². The van der Waals surface area contributed by atoms with Crippen LogP contribution in [-0.4, -0.2) is 36.2 Å². The molecule has 0 saturated carbocycles. The Bertz CT molecular complexity index is 1330. The van der Waals surface area contributed by atoms with Crippen molar-refractivity contribution < 1.29 is 26.4 Å². The topological polar surface area (TPSA) is 76.5 Å². The number of benzene rings is 2. The average Bonchev–Trinajstić information content (AvgIpc) is 2.80. The number of ketones is 1. The van der Waals surface area contributed by atoms with Gasteiger partial charge in [-0.05, 0) is 29.3 Å². The molecule has 1 heterocycles. The maximum Gasteiger partial charge on any atom is 0.416 e. The highest BCUT2D eigenvalue weighted by atomic mass is 32.2. The highest BCUT2D eigenvalue weighted by Crippen LogP contribution is 2.31. The summed E-state index contributed by atoms with van der Waals surface area (Å²) in [5.74, 6) is -0.418. The first-order chi connectivity index (χ1) is 16.0. The van der Waals surface area contributed by atoms with E-state index in [0.29, 0.717) is 11.1 Å². The van der Waals surface area contributed by atoms with Crippen molar-refractivity contribution in [3.63, 3.8) is 0 Å². The summed E-state index contributed by atoms with van der Waals surface area (Å²) < 4.78 is 66.0. The summed E-state index contributed by atoms with van der Waals surface area (Å²) in [4.78, 5) is 24.9. The first-order valence-electron chi connectivity index (χ1n) is 10.5. The van der Waals surface area contributed by atoms with Crippen molar-refractivity contribution in [1.82, 2.24) is 8.87 Å². The van der Waals surface area contributed by atoms with E-state index in [1.165, 1.54) is 34.6 Å². The zero-order valence-electron chi connectivity index (χ0n) is 18.5. The molecule has 10 heteroatoms. The molecular formula is C24H23F3N2O4S. The molecule has 180 valence electrons. The van der Waals surface area contributed by atoms with E-state index in [2.05, 4.69) is 0 Å². The van der Waals surface area contributed by atoms with Crippen molar-refractivity contribution in [1.29, 1.82) is 0 Å². The number of Topliss-reactive ketones (excluding diaryl/α,β-unsaturated/α-hetero) is 1. The fraction of sp³-hybridized carbons (Fsp3) is 0.250. The van der Waals surface area contributed by atoms with E-state index in [0.717, 1.165) is 29.0 Å². The number of sulfonamides is 1. The predicted molar refractivity (Wildman–Crippen MR) is 122 cm³/mol. The smallest absolute Gasteiger partial charge is 0.306 e. The summed E-state index contributed by atoms with van der Waals surface area (Å²) in [6.45, 7) is 3.58. The molecule has 0 spiro atoms. The quantitative estimate of drug-likeness (QED) is 0.436. The molecule has 0 N–H and O–H groups in total. The van der Waals surface area contributed by atoms with Crippen molar-refractivity contribution in [3.05, 3.63) is 88.3 Å². The van der Waals surface area contributed by atoms with Gasteiger partial charge < -0.3 is 4.57 Å². The van der Waals surface area contributed by atoms with Crippen molar-refractivity contribution >= 4 is 15.8 Å². The van der Waals surface area contributed by atoms with Gasteiger partial charge in [0.1, 0.15) is 0 Å². The van der Waals surface area contributed by atoms with Gasteiger partial charge in [-0.3, -0.25) is 9.59 Å². The highest BCUT2D eigenvalue weighted by molar-refractivity contribution is 7.89. The Balaban J connectivity index is 1.81. The Morgan fingerprint density at radius 3 is 1.91 bits per heavy atom. The molecule has 6 nitrogen and oxygen atoms in total. The van der Waals surface area contributed by atoms with Crippen LogP contribution < -0.4 is 5.56 Å². The second kappa shape index (κ2) is 9.94. The average molecular weight is 493 g/mol. The van der Waals surface area contributed by atoms with Crippen LogP contribution in [0.3, 0.4) is 0 Å². The number of pyridine rings is 1. The van der Waals surface area contributed by atoms with Crippen molar-refractivity contribution in [2.75, 3.05) is 13.1 Å². The van der Waals surface area contributed by atoms with Crippen LogP contribution in [-0.2, 0) is 22.7 Å². The third kappa shape index (κ3) is 5.45. The van der Waals surface area contributed by atoms with Crippen molar-refractivity contribution in [3.8, 4) is 11.1 Å². The molecule has 0 fully saturated rings. The van der Waals surface area contributed by atoms with Gasteiger partial charge in [-0.15, -0.1) is 0 Å². The fourth-order valence-corrected chi connectivity index (χ4v) is 4.92. The van der Waals surface area contributed by atoms with E-state index < -0.39 is 33.1 Å². The highest BCUT2D eigenvalue weighted by Gasteiger charge is 2.30. The van der Waals surface area contributed by atoms with Crippen LogP contribution in [0.2, 0.25) is 0 Å². The molecule has 0 aliphatic heterocycles. The molecule has 0 saturated heterocycles. The maximum atomic E-state index is 12.7. The molecule has 0 bridgehead atoms. The molecule has 0 amide bonds. The van der Waals surface area contributed by atoms with Gasteiger partial charge in [0.2, 0.25) is 10.0 Å². The minimum absolute atomic E-state index is 0.0822. The van der Waals surface area contributed by atoms with Gasteiger partial charge in [0.25, 0.3) is 5.56 Å². The summed E-state index contributed by atoms with van der Waals surface area (Å²) >= 11 is 0. The SMILES string of the molecule is CCN(CC)S(=O)(=O)c1ccc(=O)n(CC(=O)c2ccc(-c3ccc(C(F)(F)F)cc3)cc2)c1. The molecule has 1 aromatic heterocycles. The number of carbonyl (C=O) groups is 1. The zero-order chi connectivity index (χ0) is 25.1. The number of aromatic nitrogens is 1. The number of carbonyl (C=O) groups excluding carboxylic acids is 1. The van der Waals surface area contributed by atoms with Gasteiger partial charge in [-0.1, -0.05) is 50.2 Å². The Labute approximate surface area is 195 Å². The van der Waals surface area contributed by atoms with E-state index in [1.54, 1.807) is 26.0 Å². The third-order valence-corrected chi connectivity index (χ3v) is 7.40. The van der Waals surface area contributed by atoms with Gasteiger partial charge in [-0.2, -0.15) is 17.5 Å². The molecule has 3 aromatic rings. The lowest BCUT2D eigenvalue weighted by molar-refractivity contribution is -0.137. The van der Waals surface area contributed by atoms with E-state index in [1.807, 2.05) is 0 Å². The molecule has 0 atom stereocenters. The van der Waals surface area contributed by atoms with Gasteiger partial charge in [-0.25, -0.2) is 8.42 Å². The largest absolute Gasteiger partial charge is 0.416 e. The maximum absolute atomic E-state index is 12.7. The van der Waals surface area contributed by atoms with E-state index >= 15 is 0 Å². The molecule has 2 aromatic carbocycles. The first kappa shape index (κ1) is 25.4. The molecule has 0 aliphatic rings. The van der Waals surface area contributed by atoms with Crippen molar-refractivity contribution in [2.24, 2.45) is 0 Å². The Morgan fingerprint density at radius 1 is 0.882 bits per heavy atom.